The Balaban J connectivity index is 2.23. The quantitative estimate of drug-likeness (QED) is 0.723. The van der Waals surface area contributed by atoms with Crippen molar-refractivity contribution < 1.29 is 8.78 Å². The van der Waals surface area contributed by atoms with Crippen LogP contribution < -0.4 is 5.73 Å². The lowest BCUT2D eigenvalue weighted by molar-refractivity contribution is 0.602. The van der Waals surface area contributed by atoms with Crippen LogP contribution in [0.15, 0.2) is 23.6 Å². The molecule has 4 nitrogen and oxygen atoms in total. The molecule has 3 rings (SSSR count). The van der Waals surface area contributed by atoms with Crippen LogP contribution in [0.2, 0.25) is 0 Å². The lowest BCUT2D eigenvalue weighted by atomic mass is 10.2. The van der Waals surface area contributed by atoms with Gasteiger partial charge in [-0.1, -0.05) is 0 Å². The van der Waals surface area contributed by atoms with Crippen LogP contribution in [0, 0.1) is 11.6 Å². The van der Waals surface area contributed by atoms with Crippen molar-refractivity contribution in [1.29, 1.82) is 0 Å². The van der Waals surface area contributed by atoms with Gasteiger partial charge in [-0.3, -0.25) is 0 Å². The molecule has 0 atom stereocenters. The van der Waals surface area contributed by atoms with Crippen molar-refractivity contribution in [3.8, 4) is 11.4 Å². The number of nitrogens with two attached hydrogens (primary N) is 1. The minimum absolute atomic E-state index is 0.0281. The molecule has 3 aromatic rings. The fraction of sp³-hybridized carbons (Fsp3) is 0. The molecule has 0 bridgehead atoms. The number of halogens is 2. The Hall–Kier alpha value is -2.02. The molecule has 0 saturated carbocycles. The predicted octanol–water partition coefficient (Wildman–Crippen LogP) is 2.32. The second-order valence-electron chi connectivity index (χ2n) is 3.41. The number of nitrogen functional groups attached to an aromatic ring is 1. The van der Waals surface area contributed by atoms with E-state index in [1.807, 2.05) is 0 Å². The second kappa shape index (κ2) is 3.49. The first-order chi connectivity index (χ1) is 8.15. The van der Waals surface area contributed by atoms with Gasteiger partial charge < -0.3 is 5.73 Å². The lowest BCUT2D eigenvalue weighted by Gasteiger charge is -1.97. The van der Waals surface area contributed by atoms with E-state index in [0.717, 1.165) is 18.2 Å². The van der Waals surface area contributed by atoms with E-state index in [-0.39, 0.29) is 11.4 Å². The van der Waals surface area contributed by atoms with Gasteiger partial charge in [-0.05, 0) is 18.2 Å². The molecule has 17 heavy (non-hydrogen) atoms. The first-order valence-electron chi connectivity index (χ1n) is 4.70. The number of hydrogen-bond donors (Lipinski definition) is 1. The van der Waals surface area contributed by atoms with Crippen molar-refractivity contribution in [2.45, 2.75) is 0 Å². The van der Waals surface area contributed by atoms with Crippen LogP contribution in [0.25, 0.3) is 16.3 Å². The van der Waals surface area contributed by atoms with Crippen molar-refractivity contribution in [3.63, 3.8) is 0 Å². The Morgan fingerprint density at radius 2 is 2.12 bits per heavy atom. The van der Waals surface area contributed by atoms with Crippen LogP contribution in [-0.2, 0) is 0 Å². The number of rotatable bonds is 1. The van der Waals surface area contributed by atoms with E-state index >= 15 is 0 Å². The Labute approximate surface area is 98.3 Å². The van der Waals surface area contributed by atoms with Crippen LogP contribution in [0.4, 0.5) is 14.6 Å². The molecule has 0 saturated heterocycles. The largest absolute Gasteiger partial charge is 0.383 e. The Morgan fingerprint density at radius 1 is 1.29 bits per heavy atom. The predicted molar refractivity (Wildman–Crippen MR) is 60.6 cm³/mol. The fourth-order valence-corrected chi connectivity index (χ4v) is 2.20. The zero-order chi connectivity index (χ0) is 12.0. The minimum atomic E-state index is -0.566. The number of benzene rings is 1. The number of thiazole rings is 1. The number of anilines is 1. The highest BCUT2D eigenvalue weighted by Crippen LogP contribution is 2.24. The third kappa shape index (κ3) is 1.55. The normalized spacial score (nSPS) is 11.2. The summed E-state index contributed by atoms with van der Waals surface area (Å²) >= 11 is 1.29. The summed E-state index contributed by atoms with van der Waals surface area (Å²) in [5.41, 5.74) is 5.67. The summed E-state index contributed by atoms with van der Waals surface area (Å²) < 4.78 is 27.9. The van der Waals surface area contributed by atoms with Crippen LogP contribution in [0.5, 0.6) is 0 Å². The third-order valence-electron chi connectivity index (χ3n) is 2.28. The van der Waals surface area contributed by atoms with E-state index in [1.54, 1.807) is 5.38 Å². The van der Waals surface area contributed by atoms with Crippen molar-refractivity contribution in [2.75, 3.05) is 5.73 Å². The average molecular weight is 252 g/mol. The Kier molecular flexibility index (Phi) is 2.08. The van der Waals surface area contributed by atoms with Gasteiger partial charge in [-0.25, -0.2) is 8.78 Å². The molecule has 2 N–H and O–H groups in total. The molecule has 0 aliphatic heterocycles. The Morgan fingerprint density at radius 3 is 2.88 bits per heavy atom. The van der Waals surface area contributed by atoms with Gasteiger partial charge in [-0.15, -0.1) is 16.4 Å². The van der Waals surface area contributed by atoms with Crippen LogP contribution >= 0.6 is 11.3 Å². The molecule has 2 heterocycles. The lowest BCUT2D eigenvalue weighted by Crippen LogP contribution is -1.93. The van der Waals surface area contributed by atoms with Crippen molar-refractivity contribution >= 4 is 22.1 Å². The van der Waals surface area contributed by atoms with Crippen LogP contribution in [-0.4, -0.2) is 14.6 Å². The SMILES string of the molecule is Nc1csc2nc(-c3cc(F)ccc3F)nn12. The number of nitrogens with zero attached hydrogens (tertiary/aromatic N) is 3. The van der Waals surface area contributed by atoms with E-state index in [0.29, 0.717) is 10.8 Å². The summed E-state index contributed by atoms with van der Waals surface area (Å²) in [5.74, 6) is -0.558. The first kappa shape index (κ1) is 10.2. The molecule has 0 unspecified atom stereocenters. The maximum absolute atomic E-state index is 13.5. The van der Waals surface area contributed by atoms with Crippen molar-refractivity contribution in [1.82, 2.24) is 14.6 Å². The molecule has 0 radical (unpaired) electrons. The van der Waals surface area contributed by atoms with E-state index in [1.165, 1.54) is 15.9 Å². The monoisotopic (exact) mass is 252 g/mol. The zero-order valence-electron chi connectivity index (χ0n) is 8.39. The summed E-state index contributed by atoms with van der Waals surface area (Å²) in [5, 5.41) is 5.71. The third-order valence-corrected chi connectivity index (χ3v) is 3.11. The smallest absolute Gasteiger partial charge is 0.214 e. The summed E-state index contributed by atoms with van der Waals surface area (Å²) in [6, 6.07) is 3.15. The maximum atomic E-state index is 13.5. The van der Waals surface area contributed by atoms with Gasteiger partial charge in [0.25, 0.3) is 0 Å². The van der Waals surface area contributed by atoms with Gasteiger partial charge in [-0.2, -0.15) is 9.50 Å². The molecule has 7 heteroatoms. The van der Waals surface area contributed by atoms with E-state index < -0.39 is 11.6 Å². The Bertz CT molecular complexity index is 703. The number of hydrogen-bond acceptors (Lipinski definition) is 4. The second-order valence-corrected chi connectivity index (χ2v) is 4.25. The summed E-state index contributed by atoms with van der Waals surface area (Å²) in [7, 11) is 0. The molecular formula is C10H6F2N4S. The maximum Gasteiger partial charge on any atom is 0.214 e. The van der Waals surface area contributed by atoms with Gasteiger partial charge >= 0.3 is 0 Å². The number of aromatic nitrogens is 3. The van der Waals surface area contributed by atoms with E-state index in [2.05, 4.69) is 10.1 Å². The van der Waals surface area contributed by atoms with E-state index in [9.17, 15) is 8.78 Å². The molecule has 0 amide bonds. The summed E-state index contributed by atoms with van der Waals surface area (Å²) in [4.78, 5) is 4.63. The standard InChI is InChI=1S/C10H6F2N4S/c11-5-1-2-7(12)6(3-5)9-14-10-16(15-9)8(13)4-17-10/h1-4H,13H2. The fourth-order valence-electron chi connectivity index (χ4n) is 1.49. The minimum Gasteiger partial charge on any atom is -0.383 e. The highest BCUT2D eigenvalue weighted by Gasteiger charge is 2.14. The molecular weight excluding hydrogens is 246 g/mol. The molecule has 0 aliphatic carbocycles. The molecule has 0 aliphatic rings. The first-order valence-corrected chi connectivity index (χ1v) is 5.58. The van der Waals surface area contributed by atoms with Gasteiger partial charge in [0.05, 0.1) is 5.56 Å². The molecule has 0 spiro atoms. The summed E-state index contributed by atoms with van der Waals surface area (Å²) in [6.07, 6.45) is 0. The molecule has 0 fully saturated rings. The van der Waals surface area contributed by atoms with Gasteiger partial charge in [0.15, 0.2) is 5.82 Å². The van der Waals surface area contributed by atoms with Gasteiger partial charge in [0.2, 0.25) is 4.96 Å². The summed E-state index contributed by atoms with van der Waals surface area (Å²) in [6.45, 7) is 0. The molecule has 86 valence electrons. The van der Waals surface area contributed by atoms with Crippen molar-refractivity contribution in [3.05, 3.63) is 35.2 Å². The van der Waals surface area contributed by atoms with Crippen LogP contribution in [0.3, 0.4) is 0 Å². The van der Waals surface area contributed by atoms with Gasteiger partial charge in [0, 0.05) is 5.38 Å². The highest BCUT2D eigenvalue weighted by molar-refractivity contribution is 7.15. The van der Waals surface area contributed by atoms with Crippen LogP contribution in [0.1, 0.15) is 0 Å². The average Bonchev–Trinajstić information content (AvgIpc) is 2.85. The van der Waals surface area contributed by atoms with E-state index in [4.69, 9.17) is 5.73 Å². The number of fused-ring (bicyclic) bond motifs is 1. The molecule has 2 aromatic heterocycles. The van der Waals surface area contributed by atoms with Gasteiger partial charge in [0.1, 0.15) is 17.5 Å². The topological polar surface area (TPSA) is 56.2 Å². The van der Waals surface area contributed by atoms with Crippen molar-refractivity contribution in [2.24, 2.45) is 0 Å². The zero-order valence-corrected chi connectivity index (χ0v) is 9.21. The molecule has 1 aromatic carbocycles. The highest BCUT2D eigenvalue weighted by atomic mass is 32.1.